The maximum atomic E-state index is 15.3. The summed E-state index contributed by atoms with van der Waals surface area (Å²) in [5.41, 5.74) is 2.48. The van der Waals surface area contributed by atoms with Gasteiger partial charge in [0.15, 0.2) is 0 Å². The Morgan fingerprint density at radius 3 is 2.07 bits per heavy atom. The van der Waals surface area contributed by atoms with Gasteiger partial charge in [0.05, 0.1) is 5.69 Å². The molecule has 0 aliphatic rings. The van der Waals surface area contributed by atoms with E-state index >= 15 is 4.39 Å². The Morgan fingerprint density at radius 2 is 1.49 bits per heavy atom. The molecular formula is C32H28FN5O3. The number of halogens is 1. The highest BCUT2D eigenvalue weighted by Gasteiger charge is 2.33. The summed E-state index contributed by atoms with van der Waals surface area (Å²) < 4.78 is 18.1. The molecule has 0 unspecified atom stereocenters. The first kappa shape index (κ1) is 27.3. The molecule has 1 atom stereocenters. The van der Waals surface area contributed by atoms with Crippen LogP contribution in [-0.2, 0) is 18.9 Å². The van der Waals surface area contributed by atoms with Crippen LogP contribution in [0.1, 0.15) is 27.5 Å². The molecule has 0 saturated heterocycles. The summed E-state index contributed by atoms with van der Waals surface area (Å²) in [5.74, 6) is -2.18. The van der Waals surface area contributed by atoms with Crippen molar-refractivity contribution in [1.82, 2.24) is 19.7 Å². The minimum atomic E-state index is -1.07. The van der Waals surface area contributed by atoms with Crippen LogP contribution < -0.4 is 16.2 Å². The summed E-state index contributed by atoms with van der Waals surface area (Å²) in [4.78, 5) is 39.3. The molecule has 2 heterocycles. The third-order valence-electron chi connectivity index (χ3n) is 6.97. The predicted octanol–water partition coefficient (Wildman–Crippen LogP) is 4.49. The zero-order valence-corrected chi connectivity index (χ0v) is 22.5. The normalized spacial score (nSPS) is 11.7. The van der Waals surface area contributed by atoms with Crippen LogP contribution in [0.25, 0.3) is 11.3 Å². The number of aromatic nitrogens is 3. The van der Waals surface area contributed by atoms with Crippen molar-refractivity contribution >= 4 is 17.5 Å². The molecule has 0 aliphatic heterocycles. The van der Waals surface area contributed by atoms with Gasteiger partial charge in [-0.3, -0.25) is 19.1 Å². The molecule has 2 amide bonds. The highest BCUT2D eigenvalue weighted by Crippen LogP contribution is 2.30. The summed E-state index contributed by atoms with van der Waals surface area (Å²) >= 11 is 0. The Hall–Kier alpha value is -5.31. The monoisotopic (exact) mass is 549 g/mol. The van der Waals surface area contributed by atoms with Crippen LogP contribution in [-0.4, -0.2) is 32.2 Å². The number of rotatable bonds is 8. The van der Waals surface area contributed by atoms with E-state index in [4.69, 9.17) is 0 Å². The Balaban J connectivity index is 1.52. The Bertz CT molecular complexity index is 1710. The maximum Gasteiger partial charge on any atom is 0.270 e. The molecule has 5 aromatic rings. The van der Waals surface area contributed by atoms with Crippen LogP contribution in [0.5, 0.6) is 0 Å². The lowest BCUT2D eigenvalue weighted by Gasteiger charge is -2.28. The number of aryl methyl sites for hydroxylation is 1. The van der Waals surface area contributed by atoms with E-state index in [0.717, 1.165) is 11.1 Å². The molecule has 41 heavy (non-hydrogen) atoms. The number of benzene rings is 3. The average Bonchev–Trinajstić information content (AvgIpc) is 3.41. The quantitative estimate of drug-likeness (QED) is 0.298. The summed E-state index contributed by atoms with van der Waals surface area (Å²) in [6.07, 6.45) is 1.50. The number of anilines is 1. The van der Waals surface area contributed by atoms with Gasteiger partial charge >= 0.3 is 0 Å². The molecule has 0 saturated carbocycles. The van der Waals surface area contributed by atoms with Crippen molar-refractivity contribution in [3.05, 3.63) is 142 Å². The fourth-order valence-electron chi connectivity index (χ4n) is 4.87. The molecule has 9 heteroatoms. The fraction of sp³-hybridized carbons (Fsp3) is 0.125. The van der Waals surface area contributed by atoms with Gasteiger partial charge in [-0.05, 0) is 41.5 Å². The van der Waals surface area contributed by atoms with E-state index in [-0.39, 0.29) is 22.5 Å². The standard InChI is InChI=1S/C32H28FN5O3/c1-37-26(14-9-15-28(37)39)24-17-16-23(20-25(24)33)35-32(41)30(36-31(40)27-18-19-34-38(27)2)29(21-10-5-3-6-11-21)22-12-7-4-8-13-22/h3-20,29-30H,1-2H3,(H,35,41)(H,36,40)/t30-/m0/s1. The first-order chi connectivity index (χ1) is 19.8. The number of nitrogens with zero attached hydrogens (tertiary/aromatic N) is 3. The van der Waals surface area contributed by atoms with Gasteiger partial charge < -0.3 is 15.2 Å². The van der Waals surface area contributed by atoms with E-state index in [2.05, 4.69) is 15.7 Å². The van der Waals surface area contributed by atoms with E-state index in [1.807, 2.05) is 60.7 Å². The van der Waals surface area contributed by atoms with Gasteiger partial charge in [-0.25, -0.2) is 4.39 Å². The third kappa shape index (κ3) is 5.84. The summed E-state index contributed by atoms with van der Waals surface area (Å²) in [6.45, 7) is 0. The Morgan fingerprint density at radius 1 is 0.829 bits per heavy atom. The van der Waals surface area contributed by atoms with Gasteiger partial charge in [0.25, 0.3) is 11.5 Å². The summed E-state index contributed by atoms with van der Waals surface area (Å²) in [6, 6.07) is 28.2. The van der Waals surface area contributed by atoms with Crippen LogP contribution >= 0.6 is 0 Å². The van der Waals surface area contributed by atoms with Crippen molar-refractivity contribution in [3.8, 4) is 11.3 Å². The fourth-order valence-corrected chi connectivity index (χ4v) is 4.87. The van der Waals surface area contributed by atoms with Gasteiger partial charge in [0.2, 0.25) is 5.91 Å². The summed E-state index contributed by atoms with van der Waals surface area (Å²) in [7, 11) is 3.21. The van der Waals surface area contributed by atoms with Crippen molar-refractivity contribution in [3.63, 3.8) is 0 Å². The second-order valence-corrected chi connectivity index (χ2v) is 9.58. The van der Waals surface area contributed by atoms with Crippen LogP contribution in [0.2, 0.25) is 0 Å². The average molecular weight is 550 g/mol. The molecule has 0 bridgehead atoms. The Labute approximate surface area is 236 Å². The van der Waals surface area contributed by atoms with E-state index in [1.54, 1.807) is 38.4 Å². The molecule has 3 aromatic carbocycles. The first-order valence-electron chi connectivity index (χ1n) is 13.0. The number of carbonyl (C=O) groups excluding carboxylic acids is 2. The van der Waals surface area contributed by atoms with Crippen LogP contribution in [0, 0.1) is 5.82 Å². The second kappa shape index (κ2) is 11.8. The Kier molecular flexibility index (Phi) is 7.87. The number of nitrogens with one attached hydrogen (secondary N) is 2. The van der Waals surface area contributed by atoms with Gasteiger partial charge in [-0.1, -0.05) is 66.7 Å². The van der Waals surface area contributed by atoms with Crippen LogP contribution in [0.15, 0.2) is 114 Å². The number of carbonyl (C=O) groups is 2. The van der Waals surface area contributed by atoms with E-state index in [0.29, 0.717) is 5.69 Å². The van der Waals surface area contributed by atoms with Crippen molar-refractivity contribution in [2.75, 3.05) is 5.32 Å². The lowest BCUT2D eigenvalue weighted by Crippen LogP contribution is -2.48. The lowest BCUT2D eigenvalue weighted by atomic mass is 9.84. The molecule has 0 aliphatic carbocycles. The first-order valence-corrected chi connectivity index (χ1v) is 13.0. The highest BCUT2D eigenvalue weighted by atomic mass is 19.1. The molecule has 0 radical (unpaired) electrons. The van der Waals surface area contributed by atoms with Gasteiger partial charge in [0, 0.05) is 43.5 Å². The van der Waals surface area contributed by atoms with Crippen molar-refractivity contribution < 1.29 is 14.0 Å². The van der Waals surface area contributed by atoms with Gasteiger partial charge in [-0.2, -0.15) is 5.10 Å². The molecule has 0 spiro atoms. The van der Waals surface area contributed by atoms with Gasteiger partial charge in [-0.15, -0.1) is 0 Å². The molecule has 206 valence electrons. The number of amides is 2. The highest BCUT2D eigenvalue weighted by molar-refractivity contribution is 6.01. The predicted molar refractivity (Wildman–Crippen MR) is 155 cm³/mol. The van der Waals surface area contributed by atoms with E-state index in [9.17, 15) is 14.4 Å². The largest absolute Gasteiger partial charge is 0.338 e. The minimum Gasteiger partial charge on any atom is -0.338 e. The smallest absolute Gasteiger partial charge is 0.270 e. The molecule has 2 N–H and O–H groups in total. The molecule has 2 aromatic heterocycles. The SMILES string of the molecule is Cn1nccc1C(=O)N[C@H](C(=O)Nc1ccc(-c2cccc(=O)n2C)c(F)c1)C(c1ccccc1)c1ccccc1. The van der Waals surface area contributed by atoms with E-state index < -0.39 is 29.6 Å². The zero-order valence-electron chi connectivity index (χ0n) is 22.5. The number of hydrogen-bond acceptors (Lipinski definition) is 4. The van der Waals surface area contributed by atoms with Crippen LogP contribution in [0.4, 0.5) is 10.1 Å². The van der Waals surface area contributed by atoms with Gasteiger partial charge in [0.1, 0.15) is 17.6 Å². The topological polar surface area (TPSA) is 98.0 Å². The zero-order chi connectivity index (χ0) is 28.9. The van der Waals surface area contributed by atoms with Crippen molar-refractivity contribution in [2.24, 2.45) is 14.1 Å². The third-order valence-corrected chi connectivity index (χ3v) is 6.97. The minimum absolute atomic E-state index is 0.205. The summed E-state index contributed by atoms with van der Waals surface area (Å²) in [5, 5.41) is 9.75. The molecule has 0 fully saturated rings. The second-order valence-electron chi connectivity index (χ2n) is 9.58. The molecule has 5 rings (SSSR count). The molecule has 8 nitrogen and oxygen atoms in total. The lowest BCUT2D eigenvalue weighted by molar-refractivity contribution is -0.118. The van der Waals surface area contributed by atoms with E-state index in [1.165, 1.54) is 33.6 Å². The van der Waals surface area contributed by atoms with Crippen molar-refractivity contribution in [2.45, 2.75) is 12.0 Å². The van der Waals surface area contributed by atoms with Crippen molar-refractivity contribution in [1.29, 1.82) is 0 Å². The number of pyridine rings is 1. The van der Waals surface area contributed by atoms with Crippen LogP contribution in [0.3, 0.4) is 0 Å². The maximum absolute atomic E-state index is 15.3. The molecular weight excluding hydrogens is 521 g/mol. The number of hydrogen-bond donors (Lipinski definition) is 2.